The van der Waals surface area contributed by atoms with E-state index in [1.807, 2.05) is 0 Å². The number of nitrogens with zero attached hydrogens (tertiary/aromatic N) is 2. The van der Waals surface area contributed by atoms with Gasteiger partial charge in [0.2, 0.25) is 0 Å². The van der Waals surface area contributed by atoms with Crippen LogP contribution in [0.2, 0.25) is 0 Å². The number of piperidine rings is 1. The van der Waals surface area contributed by atoms with Crippen LogP contribution in [0.5, 0.6) is 0 Å². The Morgan fingerprint density at radius 2 is 1.90 bits per heavy atom. The van der Waals surface area contributed by atoms with Crippen molar-refractivity contribution in [2.24, 2.45) is 7.05 Å². The average Bonchev–Trinajstić information content (AvgIpc) is 3.16. The maximum absolute atomic E-state index is 14.6. The summed E-state index contributed by atoms with van der Waals surface area (Å²) in [6.07, 6.45) is 2.23. The van der Waals surface area contributed by atoms with Crippen molar-refractivity contribution >= 4 is 18.3 Å². The Labute approximate surface area is 184 Å². The van der Waals surface area contributed by atoms with Crippen LogP contribution < -0.4 is 10.6 Å². The molecule has 1 amide bonds. The van der Waals surface area contributed by atoms with Crippen LogP contribution in [0.25, 0.3) is 11.3 Å². The summed E-state index contributed by atoms with van der Waals surface area (Å²) in [5.41, 5.74) is 1.77. The molecule has 0 saturated carbocycles. The van der Waals surface area contributed by atoms with Gasteiger partial charge >= 0.3 is 0 Å². The quantitative estimate of drug-likeness (QED) is 0.635. The first-order valence-electron chi connectivity index (χ1n) is 9.68. The van der Waals surface area contributed by atoms with E-state index >= 15 is 0 Å². The van der Waals surface area contributed by atoms with Crippen molar-refractivity contribution in [2.45, 2.75) is 18.4 Å². The molecule has 1 aliphatic rings. The molecular weight excluding hydrogens is 429 g/mol. The normalized spacial score (nSPS) is 18.3. The number of hydrogen-bond acceptors (Lipinski definition) is 3. The zero-order valence-electron chi connectivity index (χ0n) is 16.7. The summed E-state index contributed by atoms with van der Waals surface area (Å²) < 4.78 is 43.2. The van der Waals surface area contributed by atoms with Crippen LogP contribution in [0.15, 0.2) is 48.7 Å². The first kappa shape index (κ1) is 22.8. The van der Waals surface area contributed by atoms with Gasteiger partial charge in [0.15, 0.2) is 11.6 Å². The van der Waals surface area contributed by atoms with Gasteiger partial charge in [-0.15, -0.1) is 12.4 Å². The maximum Gasteiger partial charge on any atom is 0.251 e. The fourth-order valence-corrected chi connectivity index (χ4v) is 3.91. The SMILES string of the molecule is Cl.Cn1nccc1-c1ccc(C(=O)N[C@@H]2CNCC[C@H]2c2ccc(F)c(F)c2)cc1F. The summed E-state index contributed by atoms with van der Waals surface area (Å²) in [5.74, 6) is -2.94. The molecule has 4 rings (SSSR count). The number of carbonyl (C=O) groups excluding carboxylic acids is 1. The van der Waals surface area contributed by atoms with E-state index in [1.165, 1.54) is 18.2 Å². The molecule has 0 aliphatic carbocycles. The lowest BCUT2D eigenvalue weighted by molar-refractivity contribution is 0.0924. The zero-order valence-corrected chi connectivity index (χ0v) is 17.6. The highest BCUT2D eigenvalue weighted by Crippen LogP contribution is 2.28. The van der Waals surface area contributed by atoms with Gasteiger partial charge in [0.1, 0.15) is 5.82 Å². The minimum absolute atomic E-state index is 0. The highest BCUT2D eigenvalue weighted by Gasteiger charge is 2.29. The third-order valence-corrected chi connectivity index (χ3v) is 5.50. The molecule has 9 heteroatoms. The number of aromatic nitrogens is 2. The van der Waals surface area contributed by atoms with E-state index in [9.17, 15) is 18.0 Å². The Morgan fingerprint density at radius 1 is 1.10 bits per heavy atom. The van der Waals surface area contributed by atoms with Crippen molar-refractivity contribution in [1.29, 1.82) is 0 Å². The number of rotatable bonds is 4. The van der Waals surface area contributed by atoms with Crippen molar-refractivity contribution in [2.75, 3.05) is 13.1 Å². The lowest BCUT2D eigenvalue weighted by Crippen LogP contribution is -2.50. The Balaban J connectivity index is 0.00000272. The lowest BCUT2D eigenvalue weighted by atomic mass is 9.85. The molecule has 0 bridgehead atoms. The van der Waals surface area contributed by atoms with Crippen LogP contribution >= 0.6 is 12.4 Å². The van der Waals surface area contributed by atoms with E-state index in [1.54, 1.807) is 36.1 Å². The number of carbonyl (C=O) groups is 1. The molecule has 2 heterocycles. The van der Waals surface area contributed by atoms with Crippen LogP contribution in [0, 0.1) is 17.5 Å². The number of nitrogens with one attached hydrogen (secondary N) is 2. The van der Waals surface area contributed by atoms with Crippen LogP contribution in [-0.4, -0.2) is 34.8 Å². The standard InChI is InChI=1S/C22H21F3N4O.ClH/c1-29-21(7-9-27-29)16-4-2-14(11-18(16)24)22(30)28-20-12-26-8-6-15(20)13-3-5-17(23)19(25)10-13;/h2-5,7,9-11,15,20,26H,6,8,12H2,1H3,(H,28,30);1H/t15-,20+;/m0./s1. The van der Waals surface area contributed by atoms with Gasteiger partial charge in [-0.25, -0.2) is 13.2 Å². The lowest BCUT2D eigenvalue weighted by Gasteiger charge is -2.33. The van der Waals surface area contributed by atoms with Gasteiger partial charge in [0.05, 0.1) is 5.69 Å². The van der Waals surface area contributed by atoms with E-state index in [4.69, 9.17) is 0 Å². The summed E-state index contributed by atoms with van der Waals surface area (Å²) >= 11 is 0. The maximum atomic E-state index is 14.6. The molecule has 1 saturated heterocycles. The predicted octanol–water partition coefficient (Wildman–Crippen LogP) is 3.80. The molecule has 2 N–H and O–H groups in total. The van der Waals surface area contributed by atoms with E-state index in [0.717, 1.165) is 6.07 Å². The molecule has 1 aliphatic heterocycles. The highest BCUT2D eigenvalue weighted by atomic mass is 35.5. The zero-order chi connectivity index (χ0) is 21.3. The number of amides is 1. The highest BCUT2D eigenvalue weighted by molar-refractivity contribution is 5.95. The minimum atomic E-state index is -0.913. The van der Waals surface area contributed by atoms with E-state index in [-0.39, 0.29) is 29.9 Å². The Hall–Kier alpha value is -2.84. The monoisotopic (exact) mass is 450 g/mol. The van der Waals surface area contributed by atoms with Crippen molar-refractivity contribution in [3.05, 3.63) is 77.2 Å². The van der Waals surface area contributed by atoms with Gasteiger partial charge in [0, 0.05) is 42.9 Å². The van der Waals surface area contributed by atoms with Crippen LogP contribution in [-0.2, 0) is 7.05 Å². The summed E-state index contributed by atoms with van der Waals surface area (Å²) in [4.78, 5) is 12.8. The third-order valence-electron chi connectivity index (χ3n) is 5.50. The minimum Gasteiger partial charge on any atom is -0.347 e. The molecule has 2 atom stereocenters. The topological polar surface area (TPSA) is 59.0 Å². The van der Waals surface area contributed by atoms with Gasteiger partial charge in [-0.2, -0.15) is 5.10 Å². The molecule has 5 nitrogen and oxygen atoms in total. The molecule has 164 valence electrons. The van der Waals surface area contributed by atoms with Gasteiger partial charge in [-0.05, 0) is 54.9 Å². The molecule has 0 radical (unpaired) electrons. The van der Waals surface area contributed by atoms with Crippen LogP contribution in [0.4, 0.5) is 13.2 Å². The van der Waals surface area contributed by atoms with Crippen molar-refractivity contribution in [3.8, 4) is 11.3 Å². The first-order valence-corrected chi connectivity index (χ1v) is 9.68. The van der Waals surface area contributed by atoms with E-state index in [0.29, 0.717) is 36.3 Å². The second-order valence-electron chi connectivity index (χ2n) is 7.39. The fraction of sp³-hybridized carbons (Fsp3) is 0.273. The largest absolute Gasteiger partial charge is 0.347 e. The number of halogens is 4. The molecule has 31 heavy (non-hydrogen) atoms. The van der Waals surface area contributed by atoms with Gasteiger partial charge < -0.3 is 10.6 Å². The summed E-state index contributed by atoms with van der Waals surface area (Å²) in [5, 5.41) is 10.1. The number of benzene rings is 2. The molecule has 1 aromatic heterocycles. The third kappa shape index (κ3) is 4.75. The summed E-state index contributed by atoms with van der Waals surface area (Å²) in [6, 6.07) is 9.46. The number of hydrogen-bond donors (Lipinski definition) is 2. The Morgan fingerprint density at radius 3 is 2.58 bits per heavy atom. The molecule has 0 unspecified atom stereocenters. The number of aryl methyl sites for hydroxylation is 1. The Bertz CT molecular complexity index is 1090. The van der Waals surface area contributed by atoms with Crippen LogP contribution in [0.3, 0.4) is 0 Å². The van der Waals surface area contributed by atoms with E-state index < -0.39 is 23.4 Å². The first-order chi connectivity index (χ1) is 14.4. The van der Waals surface area contributed by atoms with E-state index in [2.05, 4.69) is 15.7 Å². The Kier molecular flexibility index (Phi) is 7.02. The molecular formula is C22H22ClF3N4O. The van der Waals surface area contributed by atoms with Crippen molar-refractivity contribution < 1.29 is 18.0 Å². The van der Waals surface area contributed by atoms with Gasteiger partial charge in [0.25, 0.3) is 5.91 Å². The molecule has 3 aromatic rings. The molecule has 1 fully saturated rings. The summed E-state index contributed by atoms with van der Waals surface area (Å²) in [6.45, 7) is 1.18. The predicted molar refractivity (Wildman–Crippen MR) is 114 cm³/mol. The van der Waals surface area contributed by atoms with Gasteiger partial charge in [-0.3, -0.25) is 9.48 Å². The van der Waals surface area contributed by atoms with Crippen LogP contribution in [0.1, 0.15) is 28.3 Å². The van der Waals surface area contributed by atoms with Crippen molar-refractivity contribution in [3.63, 3.8) is 0 Å². The second kappa shape index (κ2) is 9.53. The average molecular weight is 451 g/mol. The molecule has 0 spiro atoms. The smallest absolute Gasteiger partial charge is 0.251 e. The second-order valence-corrected chi connectivity index (χ2v) is 7.39. The molecule has 2 aromatic carbocycles. The fourth-order valence-electron chi connectivity index (χ4n) is 3.91. The van der Waals surface area contributed by atoms with Crippen molar-refractivity contribution in [1.82, 2.24) is 20.4 Å². The summed E-state index contributed by atoms with van der Waals surface area (Å²) in [7, 11) is 1.71. The van der Waals surface area contributed by atoms with Gasteiger partial charge in [-0.1, -0.05) is 6.07 Å².